The zero-order valence-electron chi connectivity index (χ0n) is 9.01. The summed E-state index contributed by atoms with van der Waals surface area (Å²) in [5, 5.41) is 10.5. The first-order valence-corrected chi connectivity index (χ1v) is 5.95. The van der Waals surface area contributed by atoms with Gasteiger partial charge in [0.15, 0.2) is 0 Å². The van der Waals surface area contributed by atoms with Gasteiger partial charge < -0.3 is 9.84 Å². The van der Waals surface area contributed by atoms with Crippen LogP contribution in [0.15, 0.2) is 12.1 Å². The number of carbonyl (C=O) groups is 2. The highest BCUT2D eigenvalue weighted by Crippen LogP contribution is 2.16. The van der Waals surface area contributed by atoms with Gasteiger partial charge in [0.2, 0.25) is 0 Å². The number of aromatic carboxylic acids is 1. The van der Waals surface area contributed by atoms with Crippen molar-refractivity contribution in [2.24, 2.45) is 0 Å². The number of morpholine rings is 1. The van der Waals surface area contributed by atoms with Crippen LogP contribution in [0.3, 0.4) is 0 Å². The summed E-state index contributed by atoms with van der Waals surface area (Å²) < 4.78 is 5.15. The lowest BCUT2D eigenvalue weighted by molar-refractivity contribution is 0.0127. The van der Waals surface area contributed by atoms with Crippen LogP contribution in [0.5, 0.6) is 0 Å². The van der Waals surface area contributed by atoms with Gasteiger partial charge in [-0.2, -0.15) is 0 Å². The minimum atomic E-state index is -1.01. The maximum absolute atomic E-state index is 11.8. The Kier molecular flexibility index (Phi) is 3.72. The molecule has 0 bridgehead atoms. The van der Waals surface area contributed by atoms with Crippen LogP contribution in [-0.2, 0) is 4.74 Å². The maximum atomic E-state index is 11.8. The van der Waals surface area contributed by atoms with Gasteiger partial charge >= 0.3 is 5.97 Å². The summed E-state index contributed by atoms with van der Waals surface area (Å²) in [5.74, 6) is -1.29. The number of amides is 1. The predicted molar refractivity (Wildman–Crippen MR) is 61.1 cm³/mol. The van der Waals surface area contributed by atoms with Gasteiger partial charge in [-0.1, -0.05) is 0 Å². The Morgan fingerprint density at radius 3 is 2.53 bits per heavy atom. The lowest BCUT2D eigenvalue weighted by Crippen LogP contribution is -2.48. The normalized spacial score (nSPS) is 16.7. The summed E-state index contributed by atoms with van der Waals surface area (Å²) in [6, 6.07) is 2.95. The molecule has 1 aromatic rings. The van der Waals surface area contributed by atoms with E-state index in [0.29, 0.717) is 31.2 Å². The van der Waals surface area contributed by atoms with E-state index in [9.17, 15) is 9.59 Å². The molecule has 0 radical (unpaired) electrons. The molecular weight excluding hydrogens is 244 g/mol. The van der Waals surface area contributed by atoms with Gasteiger partial charge in [0.05, 0.1) is 18.1 Å². The molecule has 1 fully saturated rings. The summed E-state index contributed by atoms with van der Waals surface area (Å²) in [4.78, 5) is 23.0. The molecular formula is C10H12N2O4S. The molecule has 17 heavy (non-hydrogen) atoms. The molecule has 0 aliphatic carbocycles. The number of hydrazine groups is 1. The van der Waals surface area contributed by atoms with Crippen LogP contribution in [0, 0.1) is 0 Å². The molecule has 1 aromatic heterocycles. The van der Waals surface area contributed by atoms with E-state index in [2.05, 4.69) is 5.43 Å². The number of thiophene rings is 1. The Bertz CT molecular complexity index is 426. The number of hydrogen-bond acceptors (Lipinski definition) is 5. The molecule has 2 heterocycles. The van der Waals surface area contributed by atoms with E-state index in [-0.39, 0.29) is 10.8 Å². The van der Waals surface area contributed by atoms with Gasteiger partial charge in [-0.3, -0.25) is 10.2 Å². The van der Waals surface area contributed by atoms with Crippen molar-refractivity contribution in [3.63, 3.8) is 0 Å². The summed E-state index contributed by atoms with van der Waals surface area (Å²) in [6.07, 6.45) is 0. The van der Waals surface area contributed by atoms with Gasteiger partial charge in [0.1, 0.15) is 4.88 Å². The fraction of sp³-hybridized carbons (Fsp3) is 0.400. The van der Waals surface area contributed by atoms with Crippen molar-refractivity contribution in [2.45, 2.75) is 0 Å². The van der Waals surface area contributed by atoms with Crippen molar-refractivity contribution in [3.8, 4) is 0 Å². The highest BCUT2D eigenvalue weighted by atomic mass is 32.1. The highest BCUT2D eigenvalue weighted by Gasteiger charge is 2.17. The maximum Gasteiger partial charge on any atom is 0.345 e. The molecule has 2 N–H and O–H groups in total. The first-order valence-electron chi connectivity index (χ1n) is 5.13. The van der Waals surface area contributed by atoms with Gasteiger partial charge in [0, 0.05) is 13.1 Å². The van der Waals surface area contributed by atoms with E-state index in [1.165, 1.54) is 12.1 Å². The van der Waals surface area contributed by atoms with Gasteiger partial charge in [-0.05, 0) is 12.1 Å². The van der Waals surface area contributed by atoms with Crippen LogP contribution in [-0.4, -0.2) is 48.3 Å². The highest BCUT2D eigenvalue weighted by molar-refractivity contribution is 7.15. The van der Waals surface area contributed by atoms with E-state index < -0.39 is 5.97 Å². The molecule has 1 aliphatic rings. The quantitative estimate of drug-likeness (QED) is 0.819. The smallest absolute Gasteiger partial charge is 0.345 e. The van der Waals surface area contributed by atoms with Crippen LogP contribution in [0.4, 0.5) is 0 Å². The number of rotatable bonds is 3. The largest absolute Gasteiger partial charge is 0.477 e. The number of hydrogen-bond donors (Lipinski definition) is 2. The monoisotopic (exact) mass is 256 g/mol. The van der Waals surface area contributed by atoms with Crippen LogP contribution >= 0.6 is 11.3 Å². The third-order valence-electron chi connectivity index (χ3n) is 2.31. The van der Waals surface area contributed by atoms with Gasteiger partial charge in [-0.25, -0.2) is 9.80 Å². The second kappa shape index (κ2) is 5.26. The minimum absolute atomic E-state index is 0.164. The molecule has 0 aromatic carbocycles. The zero-order valence-corrected chi connectivity index (χ0v) is 9.83. The lowest BCUT2D eigenvalue weighted by atomic mass is 10.4. The number of nitrogens with zero attached hydrogens (tertiary/aromatic N) is 1. The van der Waals surface area contributed by atoms with Gasteiger partial charge in [0.25, 0.3) is 5.91 Å². The third-order valence-corrected chi connectivity index (χ3v) is 3.38. The predicted octanol–water partition coefficient (Wildman–Crippen LogP) is 0.423. The third kappa shape index (κ3) is 3.02. The second-order valence-electron chi connectivity index (χ2n) is 3.51. The summed E-state index contributed by atoms with van der Waals surface area (Å²) in [6.45, 7) is 2.46. The van der Waals surface area contributed by atoms with E-state index in [1.54, 1.807) is 5.01 Å². The molecule has 1 aliphatic heterocycles. The summed E-state index contributed by atoms with van der Waals surface area (Å²) in [7, 11) is 0. The van der Waals surface area contributed by atoms with Crippen LogP contribution < -0.4 is 5.43 Å². The molecule has 1 amide bonds. The Morgan fingerprint density at radius 2 is 1.94 bits per heavy atom. The average molecular weight is 256 g/mol. The minimum Gasteiger partial charge on any atom is -0.477 e. The van der Waals surface area contributed by atoms with Crippen molar-refractivity contribution in [3.05, 3.63) is 21.9 Å². The van der Waals surface area contributed by atoms with E-state index in [0.717, 1.165) is 11.3 Å². The Balaban J connectivity index is 1.96. The zero-order chi connectivity index (χ0) is 12.3. The van der Waals surface area contributed by atoms with Crippen molar-refractivity contribution in [1.29, 1.82) is 0 Å². The number of carboxylic acid groups (broad SMARTS) is 1. The van der Waals surface area contributed by atoms with Crippen LogP contribution in [0.2, 0.25) is 0 Å². The summed E-state index contributed by atoms with van der Waals surface area (Å²) in [5.41, 5.74) is 2.72. The first-order chi connectivity index (χ1) is 8.16. The standard InChI is InChI=1S/C10H12N2O4S/c13-9(11-12-3-5-16-6-4-12)7-1-2-8(17-7)10(14)15/h1-2H,3-6H2,(H,11,13)(H,14,15). The molecule has 0 atom stereocenters. The molecule has 0 saturated carbocycles. The SMILES string of the molecule is O=C(O)c1ccc(C(=O)NN2CCOCC2)s1. The van der Waals surface area contributed by atoms with Crippen molar-refractivity contribution < 1.29 is 19.4 Å². The molecule has 2 rings (SSSR count). The van der Waals surface area contributed by atoms with Crippen molar-refractivity contribution >= 4 is 23.2 Å². The Labute approximate surface area is 102 Å². The molecule has 0 unspecified atom stereocenters. The molecule has 1 saturated heterocycles. The Morgan fingerprint density at radius 1 is 1.29 bits per heavy atom. The van der Waals surface area contributed by atoms with Crippen LogP contribution in [0.25, 0.3) is 0 Å². The summed E-state index contributed by atoms with van der Waals surface area (Å²) >= 11 is 0.968. The lowest BCUT2D eigenvalue weighted by Gasteiger charge is -2.26. The van der Waals surface area contributed by atoms with E-state index in [1.807, 2.05) is 0 Å². The number of carboxylic acids is 1. The van der Waals surface area contributed by atoms with E-state index >= 15 is 0 Å². The average Bonchev–Trinajstić information content (AvgIpc) is 2.79. The number of ether oxygens (including phenoxy) is 1. The van der Waals surface area contributed by atoms with Crippen LogP contribution in [0.1, 0.15) is 19.3 Å². The molecule has 7 heteroatoms. The van der Waals surface area contributed by atoms with E-state index in [4.69, 9.17) is 9.84 Å². The molecule has 92 valence electrons. The topological polar surface area (TPSA) is 78.9 Å². The fourth-order valence-electron chi connectivity index (χ4n) is 1.45. The number of nitrogens with one attached hydrogen (secondary N) is 1. The molecule has 0 spiro atoms. The van der Waals surface area contributed by atoms with Crippen molar-refractivity contribution in [1.82, 2.24) is 10.4 Å². The molecule has 6 nitrogen and oxygen atoms in total. The second-order valence-corrected chi connectivity index (χ2v) is 4.59. The Hall–Kier alpha value is -1.44. The number of carbonyl (C=O) groups excluding carboxylic acids is 1. The fourth-order valence-corrected chi connectivity index (χ4v) is 2.18. The van der Waals surface area contributed by atoms with Gasteiger partial charge in [-0.15, -0.1) is 11.3 Å². The first kappa shape index (κ1) is 12.0. The van der Waals surface area contributed by atoms with Crippen molar-refractivity contribution in [2.75, 3.05) is 26.3 Å².